The third-order valence-corrected chi connectivity index (χ3v) is 4.52. The zero-order valence-electron chi connectivity index (χ0n) is 14.9. The molecule has 0 radical (unpaired) electrons. The summed E-state index contributed by atoms with van der Waals surface area (Å²) in [5, 5.41) is 6.33. The lowest BCUT2D eigenvalue weighted by atomic mass is 10.0. The van der Waals surface area contributed by atoms with Crippen molar-refractivity contribution in [3.8, 4) is 10.8 Å². The normalized spacial score (nSPS) is 11.4. The fraction of sp³-hybridized carbons (Fsp3) is 0.389. The van der Waals surface area contributed by atoms with E-state index in [0.717, 1.165) is 17.0 Å². The quantitative estimate of drug-likeness (QED) is 0.774. The molecule has 0 saturated heterocycles. The first-order valence-electron chi connectivity index (χ1n) is 7.84. The van der Waals surface area contributed by atoms with Gasteiger partial charge in [0.15, 0.2) is 5.06 Å². The Kier molecular flexibility index (Phi) is 8.75. The molecule has 25 heavy (non-hydrogen) atoms. The molecule has 0 spiro atoms. The largest absolute Gasteiger partial charge is 0.484 e. The van der Waals surface area contributed by atoms with Gasteiger partial charge in [0.05, 0.1) is 6.61 Å². The first-order chi connectivity index (χ1) is 11.5. The average Bonchev–Trinajstić information content (AvgIpc) is 2.98. The van der Waals surface area contributed by atoms with E-state index in [4.69, 9.17) is 9.47 Å². The zero-order valence-corrected chi connectivity index (χ0v) is 16.6. The molecular weight excluding hydrogens is 360 g/mol. The third kappa shape index (κ3) is 6.57. The third-order valence-electron chi connectivity index (χ3n) is 3.56. The maximum Gasteiger partial charge on any atom is 0.414 e. The lowest BCUT2D eigenvalue weighted by molar-refractivity contribution is 0.172. The van der Waals surface area contributed by atoms with E-state index in [-0.39, 0.29) is 24.5 Å². The molecule has 0 fully saturated rings. The van der Waals surface area contributed by atoms with Crippen LogP contribution in [0.25, 0.3) is 0 Å². The van der Waals surface area contributed by atoms with Crippen molar-refractivity contribution in [2.75, 3.05) is 27.7 Å². The summed E-state index contributed by atoms with van der Waals surface area (Å²) in [5.41, 5.74) is 2.36. The highest BCUT2D eigenvalue weighted by atomic mass is 35.5. The van der Waals surface area contributed by atoms with Crippen LogP contribution in [0.2, 0.25) is 0 Å². The number of carbonyl (C=O) groups is 1. The van der Waals surface area contributed by atoms with Crippen LogP contribution < -0.4 is 14.8 Å². The number of hydrogen-bond acceptors (Lipinski definition) is 5. The maximum atomic E-state index is 11.5. The fourth-order valence-electron chi connectivity index (χ4n) is 2.20. The Morgan fingerprint density at radius 2 is 1.96 bits per heavy atom. The summed E-state index contributed by atoms with van der Waals surface area (Å²) in [6.45, 7) is 2.70. The minimum atomic E-state index is -0.382. The molecule has 1 heterocycles. The van der Waals surface area contributed by atoms with Crippen LogP contribution in [0.3, 0.4) is 0 Å². The zero-order chi connectivity index (χ0) is 17.5. The molecule has 0 aliphatic heterocycles. The molecule has 138 valence electrons. The highest BCUT2D eigenvalue weighted by molar-refractivity contribution is 7.12. The van der Waals surface area contributed by atoms with Gasteiger partial charge in [0.25, 0.3) is 0 Å². The number of carbonyl (C=O) groups excluding carboxylic acids is 1. The van der Waals surface area contributed by atoms with Crippen LogP contribution in [-0.2, 0) is 0 Å². The predicted octanol–water partition coefficient (Wildman–Crippen LogP) is 4.27. The van der Waals surface area contributed by atoms with E-state index in [0.29, 0.717) is 12.4 Å². The van der Waals surface area contributed by atoms with Gasteiger partial charge in [0.1, 0.15) is 5.75 Å². The minimum absolute atomic E-state index is 0. The van der Waals surface area contributed by atoms with Gasteiger partial charge < -0.3 is 19.7 Å². The number of aryl methyl sites for hydroxylation is 1. The standard InChI is InChI=1S/C18H24N2O3S.ClH/c1-13-11-17(24-12-13)22-10-9-16(19-2)14-5-7-15(8-6-14)23-18(21)20(3)4;/h5-8,11-12,16,19H,9-10H2,1-4H3;1H/t16-;/m0./s1. The monoisotopic (exact) mass is 384 g/mol. The van der Waals surface area contributed by atoms with Crippen LogP contribution in [0, 0.1) is 6.92 Å². The van der Waals surface area contributed by atoms with Gasteiger partial charge in [0, 0.05) is 26.6 Å². The summed E-state index contributed by atoms with van der Waals surface area (Å²) in [7, 11) is 5.24. The van der Waals surface area contributed by atoms with E-state index in [1.807, 2.05) is 37.4 Å². The molecule has 0 saturated carbocycles. The van der Waals surface area contributed by atoms with Gasteiger partial charge in [-0.25, -0.2) is 4.79 Å². The van der Waals surface area contributed by atoms with Gasteiger partial charge >= 0.3 is 6.09 Å². The minimum Gasteiger partial charge on any atom is -0.484 e. The highest BCUT2D eigenvalue weighted by Crippen LogP contribution is 2.24. The number of rotatable bonds is 7. The van der Waals surface area contributed by atoms with Crippen LogP contribution >= 0.6 is 23.7 Å². The smallest absolute Gasteiger partial charge is 0.414 e. The van der Waals surface area contributed by atoms with Crippen molar-refractivity contribution in [1.29, 1.82) is 0 Å². The number of thiophene rings is 1. The molecule has 2 aromatic rings. The molecule has 0 bridgehead atoms. The summed E-state index contributed by atoms with van der Waals surface area (Å²) < 4.78 is 11.0. The number of ether oxygens (including phenoxy) is 2. The van der Waals surface area contributed by atoms with Crippen LogP contribution in [0.5, 0.6) is 10.8 Å². The number of nitrogens with one attached hydrogen (secondary N) is 1. The van der Waals surface area contributed by atoms with Crippen LogP contribution in [0.1, 0.15) is 23.6 Å². The van der Waals surface area contributed by atoms with Gasteiger partial charge in [-0.3, -0.25) is 0 Å². The first-order valence-corrected chi connectivity index (χ1v) is 8.72. The summed E-state index contributed by atoms with van der Waals surface area (Å²) in [6.07, 6.45) is 0.470. The molecule has 2 rings (SSSR count). The first kappa shape index (κ1) is 21.3. The van der Waals surface area contributed by atoms with Crippen molar-refractivity contribution in [3.05, 3.63) is 46.8 Å². The highest BCUT2D eigenvalue weighted by Gasteiger charge is 2.11. The molecule has 1 atom stereocenters. The van der Waals surface area contributed by atoms with E-state index >= 15 is 0 Å². The number of benzene rings is 1. The number of nitrogens with zero attached hydrogens (tertiary/aromatic N) is 1. The van der Waals surface area contributed by atoms with Crippen molar-refractivity contribution in [2.45, 2.75) is 19.4 Å². The Morgan fingerprint density at radius 1 is 1.28 bits per heavy atom. The molecule has 0 aliphatic carbocycles. The van der Waals surface area contributed by atoms with Crippen molar-refractivity contribution in [1.82, 2.24) is 10.2 Å². The van der Waals surface area contributed by atoms with Crippen molar-refractivity contribution in [2.24, 2.45) is 0 Å². The van der Waals surface area contributed by atoms with Crippen molar-refractivity contribution >= 4 is 29.8 Å². The summed E-state index contributed by atoms with van der Waals surface area (Å²) in [6, 6.07) is 9.79. The fourth-order valence-corrected chi connectivity index (χ4v) is 2.97. The maximum absolute atomic E-state index is 11.5. The number of halogens is 1. The Morgan fingerprint density at radius 3 is 2.48 bits per heavy atom. The average molecular weight is 385 g/mol. The molecule has 0 aliphatic rings. The number of amides is 1. The van der Waals surface area contributed by atoms with E-state index in [9.17, 15) is 4.79 Å². The summed E-state index contributed by atoms with van der Waals surface area (Å²) >= 11 is 1.62. The molecule has 5 nitrogen and oxygen atoms in total. The lowest BCUT2D eigenvalue weighted by Gasteiger charge is -2.17. The van der Waals surface area contributed by atoms with Gasteiger partial charge in [-0.05, 0) is 48.7 Å². The molecule has 7 heteroatoms. The van der Waals surface area contributed by atoms with E-state index < -0.39 is 0 Å². The lowest BCUT2D eigenvalue weighted by Crippen LogP contribution is -2.25. The molecule has 1 N–H and O–H groups in total. The second kappa shape index (κ2) is 10.3. The summed E-state index contributed by atoms with van der Waals surface area (Å²) in [4.78, 5) is 12.9. The SMILES string of the molecule is CN[C@@H](CCOc1cc(C)cs1)c1ccc(OC(=O)N(C)C)cc1.Cl. The Hall–Kier alpha value is -1.76. The van der Waals surface area contributed by atoms with Gasteiger partial charge in [-0.2, -0.15) is 0 Å². The summed E-state index contributed by atoms with van der Waals surface area (Å²) in [5.74, 6) is 0.539. The van der Waals surface area contributed by atoms with Gasteiger partial charge in [0.2, 0.25) is 0 Å². The van der Waals surface area contributed by atoms with Crippen molar-refractivity contribution in [3.63, 3.8) is 0 Å². The predicted molar refractivity (Wildman–Crippen MR) is 104 cm³/mol. The second-order valence-corrected chi connectivity index (χ2v) is 6.63. The Bertz CT molecular complexity index is 659. The van der Waals surface area contributed by atoms with Gasteiger partial charge in [-0.15, -0.1) is 23.7 Å². The molecule has 1 aromatic heterocycles. The van der Waals surface area contributed by atoms with Crippen molar-refractivity contribution < 1.29 is 14.3 Å². The van der Waals surface area contributed by atoms with Crippen LogP contribution in [0.15, 0.2) is 35.7 Å². The Labute approximate surface area is 159 Å². The van der Waals surface area contributed by atoms with E-state index in [1.54, 1.807) is 25.4 Å². The molecule has 1 amide bonds. The van der Waals surface area contributed by atoms with Crippen LogP contribution in [0.4, 0.5) is 4.79 Å². The van der Waals surface area contributed by atoms with E-state index in [2.05, 4.69) is 17.6 Å². The molecule has 1 aromatic carbocycles. The van der Waals surface area contributed by atoms with Gasteiger partial charge in [-0.1, -0.05) is 12.1 Å². The second-order valence-electron chi connectivity index (χ2n) is 5.75. The van der Waals surface area contributed by atoms with E-state index in [1.165, 1.54) is 10.5 Å². The molecule has 0 unspecified atom stereocenters. The topological polar surface area (TPSA) is 50.8 Å². The Balaban J connectivity index is 0.00000312. The number of hydrogen-bond donors (Lipinski definition) is 1. The molecular formula is C18H25ClN2O3S. The van der Waals surface area contributed by atoms with Crippen LogP contribution in [-0.4, -0.2) is 38.7 Å².